The van der Waals surface area contributed by atoms with Gasteiger partial charge in [-0.3, -0.25) is 4.79 Å². The summed E-state index contributed by atoms with van der Waals surface area (Å²) in [4.78, 5) is 23.9. The number of nitrogens with one attached hydrogen (secondary N) is 1. The number of esters is 1. The highest BCUT2D eigenvalue weighted by Crippen LogP contribution is 2.24. The number of benzene rings is 2. The Morgan fingerprint density at radius 2 is 1.72 bits per heavy atom. The molecule has 29 heavy (non-hydrogen) atoms. The summed E-state index contributed by atoms with van der Waals surface area (Å²) in [6, 6.07) is 20.9. The van der Waals surface area contributed by atoms with Gasteiger partial charge in [-0.05, 0) is 19.1 Å². The van der Waals surface area contributed by atoms with E-state index in [2.05, 4.69) is 10.4 Å². The molecule has 0 aliphatic heterocycles. The monoisotopic (exact) mass is 387 g/mol. The molecular formula is C23H21N3O3. The minimum Gasteiger partial charge on any atom is -0.452 e. The predicted molar refractivity (Wildman–Crippen MR) is 113 cm³/mol. The van der Waals surface area contributed by atoms with Gasteiger partial charge in [0.15, 0.2) is 6.61 Å². The average molecular weight is 387 g/mol. The first-order valence-electron chi connectivity index (χ1n) is 9.14. The number of para-hydroxylation sites is 1. The number of carbonyl (C=O) groups is 2. The number of anilines is 1. The molecule has 3 aromatic rings. The average Bonchev–Trinajstić information content (AvgIpc) is 3.17. The van der Waals surface area contributed by atoms with E-state index < -0.39 is 11.9 Å². The SMILES string of the molecule is CC=CC=CC(=O)OCC(=O)Nc1cc(-c2ccccc2)nn1-c1ccccc1. The number of nitrogens with zero attached hydrogens (tertiary/aromatic N) is 2. The van der Waals surface area contributed by atoms with Crippen LogP contribution in [0, 0.1) is 0 Å². The Bertz CT molecular complexity index is 1020. The number of ether oxygens (including phenoxy) is 1. The van der Waals surface area contributed by atoms with Crippen LogP contribution in [-0.2, 0) is 14.3 Å². The van der Waals surface area contributed by atoms with Crippen LogP contribution in [0.1, 0.15) is 6.92 Å². The van der Waals surface area contributed by atoms with Gasteiger partial charge in [0.05, 0.1) is 11.4 Å². The Morgan fingerprint density at radius 1 is 1.03 bits per heavy atom. The summed E-state index contributed by atoms with van der Waals surface area (Å²) >= 11 is 0. The van der Waals surface area contributed by atoms with E-state index in [1.807, 2.05) is 67.6 Å². The van der Waals surface area contributed by atoms with Gasteiger partial charge in [0.25, 0.3) is 5.91 Å². The van der Waals surface area contributed by atoms with Crippen LogP contribution in [0.15, 0.2) is 91.0 Å². The van der Waals surface area contributed by atoms with E-state index in [9.17, 15) is 9.59 Å². The van der Waals surface area contributed by atoms with E-state index in [0.717, 1.165) is 16.9 Å². The lowest BCUT2D eigenvalue weighted by Crippen LogP contribution is -2.21. The van der Waals surface area contributed by atoms with Crippen molar-refractivity contribution in [3.63, 3.8) is 0 Å². The third kappa shape index (κ3) is 5.52. The van der Waals surface area contributed by atoms with E-state index in [4.69, 9.17) is 4.74 Å². The maximum atomic E-state index is 12.3. The van der Waals surface area contributed by atoms with Crippen LogP contribution in [0.4, 0.5) is 5.82 Å². The predicted octanol–water partition coefficient (Wildman–Crippen LogP) is 4.15. The second kappa shape index (κ2) is 9.85. The van der Waals surface area contributed by atoms with Crippen molar-refractivity contribution in [3.8, 4) is 16.9 Å². The first-order chi connectivity index (χ1) is 14.2. The van der Waals surface area contributed by atoms with Crippen molar-refractivity contribution in [1.29, 1.82) is 0 Å². The second-order valence-corrected chi connectivity index (χ2v) is 6.07. The van der Waals surface area contributed by atoms with Gasteiger partial charge in [-0.2, -0.15) is 5.10 Å². The van der Waals surface area contributed by atoms with Crippen LogP contribution >= 0.6 is 0 Å². The Balaban J connectivity index is 1.78. The molecule has 1 N–H and O–H groups in total. The molecule has 0 bridgehead atoms. The maximum absolute atomic E-state index is 12.3. The number of rotatable bonds is 7. The van der Waals surface area contributed by atoms with Crippen LogP contribution in [0.25, 0.3) is 16.9 Å². The van der Waals surface area contributed by atoms with E-state index in [0.29, 0.717) is 5.82 Å². The molecule has 0 spiro atoms. The largest absolute Gasteiger partial charge is 0.452 e. The zero-order valence-electron chi connectivity index (χ0n) is 16.0. The lowest BCUT2D eigenvalue weighted by Gasteiger charge is -2.08. The summed E-state index contributed by atoms with van der Waals surface area (Å²) in [5.41, 5.74) is 2.45. The molecule has 0 aliphatic carbocycles. The fourth-order valence-electron chi connectivity index (χ4n) is 2.60. The van der Waals surface area contributed by atoms with Crippen molar-refractivity contribution < 1.29 is 14.3 Å². The molecule has 3 rings (SSSR count). The van der Waals surface area contributed by atoms with Crippen LogP contribution in [0.3, 0.4) is 0 Å². The number of carbonyl (C=O) groups excluding carboxylic acids is 2. The van der Waals surface area contributed by atoms with Gasteiger partial charge in [-0.1, -0.05) is 66.8 Å². The van der Waals surface area contributed by atoms with Crippen molar-refractivity contribution in [3.05, 3.63) is 91.0 Å². The summed E-state index contributed by atoms with van der Waals surface area (Å²) in [7, 11) is 0. The first-order valence-corrected chi connectivity index (χ1v) is 9.14. The van der Waals surface area contributed by atoms with Crippen molar-refractivity contribution in [2.45, 2.75) is 6.92 Å². The van der Waals surface area contributed by atoms with Gasteiger partial charge in [0.2, 0.25) is 0 Å². The normalized spacial score (nSPS) is 11.1. The Morgan fingerprint density at radius 3 is 2.41 bits per heavy atom. The van der Waals surface area contributed by atoms with Crippen molar-refractivity contribution >= 4 is 17.7 Å². The maximum Gasteiger partial charge on any atom is 0.331 e. The Hall–Kier alpha value is -3.93. The lowest BCUT2D eigenvalue weighted by atomic mass is 10.2. The van der Waals surface area contributed by atoms with Crippen LogP contribution in [0.5, 0.6) is 0 Å². The Kier molecular flexibility index (Phi) is 6.73. The molecule has 0 unspecified atom stereocenters. The molecule has 1 aromatic heterocycles. The van der Waals surface area contributed by atoms with Crippen LogP contribution < -0.4 is 5.32 Å². The highest BCUT2D eigenvalue weighted by molar-refractivity contribution is 5.94. The van der Waals surface area contributed by atoms with Gasteiger partial charge in [0, 0.05) is 17.7 Å². The molecule has 0 fully saturated rings. The summed E-state index contributed by atoms with van der Waals surface area (Å²) in [6.07, 6.45) is 6.29. The summed E-state index contributed by atoms with van der Waals surface area (Å²) in [5.74, 6) is -0.546. The molecule has 1 amide bonds. The summed E-state index contributed by atoms with van der Waals surface area (Å²) in [6.45, 7) is 1.45. The fourth-order valence-corrected chi connectivity index (χ4v) is 2.60. The molecule has 2 aromatic carbocycles. The zero-order valence-corrected chi connectivity index (χ0v) is 16.0. The van der Waals surface area contributed by atoms with E-state index in [1.165, 1.54) is 6.08 Å². The minimum atomic E-state index is -0.584. The molecular weight excluding hydrogens is 366 g/mol. The zero-order chi connectivity index (χ0) is 20.5. The van der Waals surface area contributed by atoms with E-state index >= 15 is 0 Å². The molecule has 6 heteroatoms. The molecule has 0 saturated carbocycles. The van der Waals surface area contributed by atoms with Gasteiger partial charge >= 0.3 is 5.97 Å². The quantitative estimate of drug-likeness (QED) is 0.375. The first kappa shape index (κ1) is 19.8. The van der Waals surface area contributed by atoms with Gasteiger partial charge in [0.1, 0.15) is 5.82 Å². The van der Waals surface area contributed by atoms with Crippen molar-refractivity contribution in [2.75, 3.05) is 11.9 Å². The number of aromatic nitrogens is 2. The number of amides is 1. The van der Waals surface area contributed by atoms with Crippen molar-refractivity contribution in [1.82, 2.24) is 9.78 Å². The highest BCUT2D eigenvalue weighted by atomic mass is 16.5. The molecule has 6 nitrogen and oxygen atoms in total. The van der Waals surface area contributed by atoms with Crippen LogP contribution in [0.2, 0.25) is 0 Å². The fraction of sp³-hybridized carbons (Fsp3) is 0.0870. The third-order valence-electron chi connectivity index (χ3n) is 3.93. The standard InChI is InChI=1S/C23H21N3O3/c1-2-3-6-15-23(28)29-17-22(27)24-21-16-20(18-11-7-4-8-12-18)25-26(21)19-13-9-5-10-14-19/h2-16H,17H2,1H3,(H,24,27). The molecule has 0 saturated heterocycles. The topological polar surface area (TPSA) is 73.2 Å². The van der Waals surface area contributed by atoms with E-state index in [-0.39, 0.29) is 6.61 Å². The molecule has 1 heterocycles. The van der Waals surface area contributed by atoms with Gasteiger partial charge in [-0.25, -0.2) is 9.48 Å². The number of hydrogen-bond donors (Lipinski definition) is 1. The summed E-state index contributed by atoms with van der Waals surface area (Å²) in [5, 5.41) is 7.39. The molecule has 0 radical (unpaired) electrons. The molecule has 0 aliphatic rings. The highest BCUT2D eigenvalue weighted by Gasteiger charge is 2.14. The lowest BCUT2D eigenvalue weighted by molar-refractivity contribution is -0.142. The second-order valence-electron chi connectivity index (χ2n) is 6.07. The number of allylic oxidation sites excluding steroid dienone is 3. The minimum absolute atomic E-state index is 0.389. The number of hydrogen-bond acceptors (Lipinski definition) is 4. The molecule has 146 valence electrons. The third-order valence-corrected chi connectivity index (χ3v) is 3.93. The molecule has 0 atom stereocenters. The summed E-state index contributed by atoms with van der Waals surface area (Å²) < 4.78 is 6.61. The smallest absolute Gasteiger partial charge is 0.331 e. The van der Waals surface area contributed by atoms with Crippen molar-refractivity contribution in [2.24, 2.45) is 0 Å². The van der Waals surface area contributed by atoms with Crippen LogP contribution in [-0.4, -0.2) is 28.3 Å². The van der Waals surface area contributed by atoms with Gasteiger partial charge in [-0.15, -0.1) is 0 Å². The Labute approximate surface area is 169 Å². The van der Waals surface area contributed by atoms with E-state index in [1.54, 1.807) is 29.0 Å². The van der Waals surface area contributed by atoms with Gasteiger partial charge < -0.3 is 10.1 Å².